The van der Waals surface area contributed by atoms with Crippen LogP contribution in [0.2, 0.25) is 5.02 Å². The van der Waals surface area contributed by atoms with E-state index in [4.69, 9.17) is 16.3 Å². The molecule has 0 unspecified atom stereocenters. The van der Waals surface area contributed by atoms with E-state index in [0.29, 0.717) is 36.2 Å². The van der Waals surface area contributed by atoms with Crippen LogP contribution in [0, 0.1) is 0 Å². The van der Waals surface area contributed by atoms with E-state index >= 15 is 0 Å². The van der Waals surface area contributed by atoms with Crippen molar-refractivity contribution in [3.63, 3.8) is 0 Å². The molecule has 0 saturated carbocycles. The van der Waals surface area contributed by atoms with Crippen LogP contribution in [0.3, 0.4) is 0 Å². The highest BCUT2D eigenvalue weighted by molar-refractivity contribution is 6.30. The van der Waals surface area contributed by atoms with Gasteiger partial charge in [0.25, 0.3) is 5.91 Å². The van der Waals surface area contributed by atoms with Crippen molar-refractivity contribution in [3.8, 4) is 5.88 Å². The number of ether oxygens (including phenoxy) is 1. The topological polar surface area (TPSA) is 58.6 Å². The number of carbonyl (C=O) groups excluding carboxylic acids is 1. The number of rotatable bonds is 4. The SMILES string of the molecule is CCOc1ccc(C(=O)N2CCN(c3ccc(Cl)cn3)CC2)cn1. The number of halogens is 1. The third-order valence-electron chi connectivity index (χ3n) is 3.88. The van der Waals surface area contributed by atoms with Gasteiger partial charge in [-0.2, -0.15) is 0 Å². The molecule has 0 aromatic carbocycles. The van der Waals surface area contributed by atoms with E-state index in [0.717, 1.165) is 18.9 Å². The molecular weight excluding hydrogens is 328 g/mol. The maximum absolute atomic E-state index is 12.6. The van der Waals surface area contributed by atoms with Crippen LogP contribution >= 0.6 is 11.6 Å². The summed E-state index contributed by atoms with van der Waals surface area (Å²) in [7, 11) is 0. The first kappa shape index (κ1) is 16.5. The van der Waals surface area contributed by atoms with E-state index in [2.05, 4.69) is 14.9 Å². The van der Waals surface area contributed by atoms with E-state index in [1.807, 2.05) is 24.0 Å². The zero-order valence-electron chi connectivity index (χ0n) is 13.5. The summed E-state index contributed by atoms with van der Waals surface area (Å²) in [6, 6.07) is 7.21. The lowest BCUT2D eigenvalue weighted by molar-refractivity contribution is 0.0746. The fourth-order valence-electron chi connectivity index (χ4n) is 2.62. The molecule has 0 bridgehead atoms. The minimum absolute atomic E-state index is 0.00531. The number of nitrogens with zero attached hydrogens (tertiary/aromatic N) is 4. The van der Waals surface area contributed by atoms with Crippen molar-refractivity contribution in [3.05, 3.63) is 47.2 Å². The van der Waals surface area contributed by atoms with E-state index in [1.165, 1.54) is 0 Å². The van der Waals surface area contributed by atoms with Gasteiger partial charge >= 0.3 is 0 Å². The number of piperazine rings is 1. The zero-order valence-corrected chi connectivity index (χ0v) is 14.2. The molecule has 1 aliphatic rings. The van der Waals surface area contributed by atoms with Crippen LogP contribution < -0.4 is 9.64 Å². The maximum Gasteiger partial charge on any atom is 0.255 e. The van der Waals surface area contributed by atoms with Crippen LogP contribution in [0.15, 0.2) is 36.7 Å². The number of aromatic nitrogens is 2. The van der Waals surface area contributed by atoms with Gasteiger partial charge in [-0.25, -0.2) is 9.97 Å². The average molecular weight is 347 g/mol. The number of amides is 1. The number of anilines is 1. The van der Waals surface area contributed by atoms with Crippen molar-refractivity contribution < 1.29 is 9.53 Å². The molecular formula is C17H19ClN4O2. The molecule has 6 nitrogen and oxygen atoms in total. The molecule has 2 aromatic heterocycles. The lowest BCUT2D eigenvalue weighted by Gasteiger charge is -2.35. The first-order chi connectivity index (χ1) is 11.7. The maximum atomic E-state index is 12.6. The number of pyridine rings is 2. The Morgan fingerprint density at radius 3 is 2.50 bits per heavy atom. The predicted octanol–water partition coefficient (Wildman–Crippen LogP) is 2.49. The summed E-state index contributed by atoms with van der Waals surface area (Å²) in [6.07, 6.45) is 3.21. The molecule has 0 atom stereocenters. The monoisotopic (exact) mass is 346 g/mol. The quantitative estimate of drug-likeness (QED) is 0.851. The van der Waals surface area contributed by atoms with Gasteiger partial charge in [-0.15, -0.1) is 0 Å². The number of carbonyl (C=O) groups is 1. The fraction of sp³-hybridized carbons (Fsp3) is 0.353. The van der Waals surface area contributed by atoms with Gasteiger partial charge in [0.05, 0.1) is 17.2 Å². The lowest BCUT2D eigenvalue weighted by atomic mass is 10.2. The minimum Gasteiger partial charge on any atom is -0.478 e. The Bertz CT molecular complexity index is 683. The standard InChI is InChI=1S/C17H19ClN4O2/c1-2-24-16-6-3-13(11-20-16)17(23)22-9-7-21(8-10-22)15-5-4-14(18)12-19-15/h3-6,11-12H,2,7-10H2,1H3. The second-order valence-corrected chi connectivity index (χ2v) is 5.87. The third kappa shape index (κ3) is 3.76. The van der Waals surface area contributed by atoms with Gasteiger partial charge in [0.1, 0.15) is 5.82 Å². The molecule has 3 heterocycles. The molecule has 0 aliphatic carbocycles. The molecule has 3 rings (SSSR count). The Morgan fingerprint density at radius 2 is 1.92 bits per heavy atom. The first-order valence-electron chi connectivity index (χ1n) is 7.92. The van der Waals surface area contributed by atoms with Gasteiger partial charge < -0.3 is 14.5 Å². The van der Waals surface area contributed by atoms with Crippen molar-refractivity contribution in [2.45, 2.75) is 6.92 Å². The molecule has 7 heteroatoms. The smallest absolute Gasteiger partial charge is 0.255 e. The largest absolute Gasteiger partial charge is 0.478 e. The normalized spacial score (nSPS) is 14.6. The van der Waals surface area contributed by atoms with E-state index < -0.39 is 0 Å². The van der Waals surface area contributed by atoms with E-state index in [9.17, 15) is 4.79 Å². The summed E-state index contributed by atoms with van der Waals surface area (Å²) in [5.74, 6) is 1.41. The summed E-state index contributed by atoms with van der Waals surface area (Å²) in [4.78, 5) is 25.0. The molecule has 1 amide bonds. The lowest BCUT2D eigenvalue weighted by Crippen LogP contribution is -2.49. The van der Waals surface area contributed by atoms with Crippen molar-refractivity contribution in [1.82, 2.24) is 14.9 Å². The van der Waals surface area contributed by atoms with Crippen LogP contribution in [0.5, 0.6) is 5.88 Å². The average Bonchev–Trinajstić information content (AvgIpc) is 2.63. The first-order valence-corrected chi connectivity index (χ1v) is 8.30. The summed E-state index contributed by atoms with van der Waals surface area (Å²) >= 11 is 5.87. The van der Waals surface area contributed by atoms with Crippen molar-refractivity contribution in [2.24, 2.45) is 0 Å². The van der Waals surface area contributed by atoms with Gasteiger partial charge in [0, 0.05) is 44.6 Å². The van der Waals surface area contributed by atoms with Crippen LogP contribution in [0.4, 0.5) is 5.82 Å². The fourth-order valence-corrected chi connectivity index (χ4v) is 2.73. The highest BCUT2D eigenvalue weighted by Crippen LogP contribution is 2.17. The Hall–Kier alpha value is -2.34. The molecule has 0 spiro atoms. The van der Waals surface area contributed by atoms with Crippen molar-refractivity contribution >= 4 is 23.3 Å². The zero-order chi connectivity index (χ0) is 16.9. The van der Waals surface area contributed by atoms with Crippen LogP contribution in [-0.2, 0) is 0 Å². The molecule has 0 N–H and O–H groups in total. The van der Waals surface area contributed by atoms with Gasteiger partial charge in [0.2, 0.25) is 5.88 Å². The molecule has 0 radical (unpaired) electrons. The van der Waals surface area contributed by atoms with Gasteiger partial charge in [-0.05, 0) is 25.1 Å². The minimum atomic E-state index is -0.00531. The molecule has 2 aromatic rings. The molecule has 24 heavy (non-hydrogen) atoms. The summed E-state index contributed by atoms with van der Waals surface area (Å²) in [5, 5.41) is 0.621. The Labute approximate surface area is 146 Å². The van der Waals surface area contributed by atoms with Gasteiger partial charge in [0.15, 0.2) is 0 Å². The van der Waals surface area contributed by atoms with E-state index in [1.54, 1.807) is 24.5 Å². The number of hydrogen-bond donors (Lipinski definition) is 0. The van der Waals surface area contributed by atoms with Crippen LogP contribution in [0.25, 0.3) is 0 Å². The Kier molecular flexibility index (Phi) is 5.15. The Morgan fingerprint density at radius 1 is 1.12 bits per heavy atom. The molecule has 1 aliphatic heterocycles. The Balaban J connectivity index is 1.59. The van der Waals surface area contributed by atoms with Crippen LogP contribution in [0.1, 0.15) is 17.3 Å². The molecule has 1 saturated heterocycles. The predicted molar refractivity (Wildman–Crippen MR) is 92.8 cm³/mol. The van der Waals surface area contributed by atoms with Crippen LogP contribution in [-0.4, -0.2) is 53.6 Å². The summed E-state index contributed by atoms with van der Waals surface area (Å²) in [6.45, 7) is 5.24. The second kappa shape index (κ2) is 7.49. The molecule has 126 valence electrons. The van der Waals surface area contributed by atoms with E-state index in [-0.39, 0.29) is 5.91 Å². The highest BCUT2D eigenvalue weighted by Gasteiger charge is 2.23. The molecule has 1 fully saturated rings. The second-order valence-electron chi connectivity index (χ2n) is 5.43. The summed E-state index contributed by atoms with van der Waals surface area (Å²) in [5.41, 5.74) is 0.580. The number of hydrogen-bond acceptors (Lipinski definition) is 5. The highest BCUT2D eigenvalue weighted by atomic mass is 35.5. The van der Waals surface area contributed by atoms with Gasteiger partial charge in [-0.3, -0.25) is 4.79 Å². The van der Waals surface area contributed by atoms with Crippen molar-refractivity contribution in [2.75, 3.05) is 37.7 Å². The third-order valence-corrected chi connectivity index (χ3v) is 4.10. The summed E-state index contributed by atoms with van der Waals surface area (Å²) < 4.78 is 5.30. The van der Waals surface area contributed by atoms with Crippen molar-refractivity contribution in [1.29, 1.82) is 0 Å². The van der Waals surface area contributed by atoms with Gasteiger partial charge in [-0.1, -0.05) is 11.6 Å².